The molecule has 2 rings (SSSR count). The van der Waals surface area contributed by atoms with Crippen molar-refractivity contribution in [2.45, 2.75) is 32.4 Å². The second kappa shape index (κ2) is 3.71. The predicted octanol–water partition coefficient (Wildman–Crippen LogP) is 1.69. The molecule has 90 valence electrons. The Morgan fingerprint density at radius 3 is 2.44 bits per heavy atom. The van der Waals surface area contributed by atoms with Crippen molar-refractivity contribution < 1.29 is 19.1 Å². The van der Waals surface area contributed by atoms with Crippen LogP contribution >= 0.6 is 0 Å². The number of amides is 1. The number of hydrogen-bond acceptors (Lipinski definition) is 2. The van der Waals surface area contributed by atoms with E-state index in [1.165, 1.54) is 4.90 Å². The third-order valence-corrected chi connectivity index (χ3v) is 3.98. The molecule has 1 aliphatic carbocycles. The van der Waals surface area contributed by atoms with Crippen molar-refractivity contribution in [1.29, 1.82) is 0 Å². The van der Waals surface area contributed by atoms with Gasteiger partial charge in [-0.25, -0.2) is 9.18 Å². The van der Waals surface area contributed by atoms with Crippen molar-refractivity contribution >= 4 is 11.9 Å². The monoisotopic (exact) mass is 229 g/mol. The quantitative estimate of drug-likeness (QED) is 0.687. The van der Waals surface area contributed by atoms with Crippen LogP contribution in [0.5, 0.6) is 0 Å². The molecule has 4 nitrogen and oxygen atoms in total. The molecule has 0 bridgehead atoms. The number of carboxylic acid groups (broad SMARTS) is 1. The topological polar surface area (TPSA) is 57.6 Å². The Bertz CT molecular complexity index is 323. The Morgan fingerprint density at radius 2 is 2.06 bits per heavy atom. The fourth-order valence-corrected chi connectivity index (χ4v) is 2.95. The first kappa shape index (κ1) is 11.4. The normalized spacial score (nSPS) is 33.4. The summed E-state index contributed by atoms with van der Waals surface area (Å²) in [5, 5.41) is 8.81. The summed E-state index contributed by atoms with van der Waals surface area (Å²) in [5.41, 5.74) is -0.579. The molecule has 1 aliphatic heterocycles. The molecule has 0 aromatic heterocycles. The van der Waals surface area contributed by atoms with Crippen LogP contribution in [0.1, 0.15) is 26.2 Å². The molecule has 1 N–H and O–H groups in total. The van der Waals surface area contributed by atoms with Crippen LogP contribution in [0.4, 0.5) is 9.18 Å². The fourth-order valence-electron chi connectivity index (χ4n) is 2.95. The standard InChI is InChI=1S/C11H16FNO3/c1-7-6-11(9(14)8(7)12)2-4-13(5-3-11)10(15)16/h7-8H,2-6H2,1H3,(H,15,16). The van der Waals surface area contributed by atoms with Gasteiger partial charge in [-0.15, -0.1) is 0 Å². The highest BCUT2D eigenvalue weighted by Crippen LogP contribution is 2.47. The number of ketones is 1. The van der Waals surface area contributed by atoms with Gasteiger partial charge in [0.2, 0.25) is 0 Å². The smallest absolute Gasteiger partial charge is 0.407 e. The highest BCUT2D eigenvalue weighted by Gasteiger charge is 2.53. The molecule has 2 atom stereocenters. The van der Waals surface area contributed by atoms with E-state index in [0.717, 1.165) is 0 Å². The van der Waals surface area contributed by atoms with Crippen molar-refractivity contribution in [3.05, 3.63) is 0 Å². The predicted molar refractivity (Wildman–Crippen MR) is 54.9 cm³/mol. The minimum absolute atomic E-state index is 0.219. The lowest BCUT2D eigenvalue weighted by atomic mass is 9.76. The van der Waals surface area contributed by atoms with E-state index in [1.54, 1.807) is 6.92 Å². The van der Waals surface area contributed by atoms with Gasteiger partial charge in [0.25, 0.3) is 0 Å². The van der Waals surface area contributed by atoms with E-state index in [2.05, 4.69) is 0 Å². The van der Waals surface area contributed by atoms with Gasteiger partial charge in [0, 0.05) is 18.5 Å². The Balaban J connectivity index is 2.08. The third-order valence-electron chi connectivity index (χ3n) is 3.98. The number of piperidine rings is 1. The molecule has 0 radical (unpaired) electrons. The van der Waals surface area contributed by atoms with Crippen LogP contribution in [0.15, 0.2) is 0 Å². The van der Waals surface area contributed by atoms with E-state index < -0.39 is 17.7 Å². The minimum atomic E-state index is -1.35. The van der Waals surface area contributed by atoms with Gasteiger partial charge in [0.1, 0.15) is 0 Å². The van der Waals surface area contributed by atoms with E-state index in [1.807, 2.05) is 0 Å². The van der Waals surface area contributed by atoms with Gasteiger partial charge in [0.15, 0.2) is 12.0 Å². The van der Waals surface area contributed by atoms with Gasteiger partial charge in [-0.1, -0.05) is 6.92 Å². The zero-order valence-electron chi connectivity index (χ0n) is 9.28. The van der Waals surface area contributed by atoms with E-state index >= 15 is 0 Å². The first-order valence-corrected chi connectivity index (χ1v) is 5.62. The van der Waals surface area contributed by atoms with Gasteiger partial charge in [-0.05, 0) is 25.2 Å². The van der Waals surface area contributed by atoms with E-state index in [-0.39, 0.29) is 11.7 Å². The highest BCUT2D eigenvalue weighted by atomic mass is 19.1. The zero-order valence-corrected chi connectivity index (χ0v) is 9.28. The number of carbonyl (C=O) groups excluding carboxylic acids is 1. The zero-order chi connectivity index (χ0) is 11.9. The third kappa shape index (κ3) is 1.58. The molecule has 1 saturated carbocycles. The molecule has 16 heavy (non-hydrogen) atoms. The maximum atomic E-state index is 13.5. The van der Waals surface area contributed by atoms with Crippen molar-refractivity contribution in [2.75, 3.05) is 13.1 Å². The minimum Gasteiger partial charge on any atom is -0.465 e. The maximum absolute atomic E-state index is 13.5. The van der Waals surface area contributed by atoms with Crippen LogP contribution in [0, 0.1) is 11.3 Å². The Hall–Kier alpha value is -1.13. The molecule has 2 aliphatic rings. The summed E-state index contributed by atoms with van der Waals surface area (Å²) in [6.07, 6.45) is -0.784. The first-order valence-electron chi connectivity index (χ1n) is 5.62. The molecule has 0 aromatic rings. The summed E-state index contributed by atoms with van der Waals surface area (Å²) in [4.78, 5) is 23.9. The molecule has 1 heterocycles. The van der Waals surface area contributed by atoms with Crippen molar-refractivity contribution in [3.63, 3.8) is 0 Å². The number of alkyl halides is 1. The summed E-state index contributed by atoms with van der Waals surface area (Å²) in [5.74, 6) is -0.520. The van der Waals surface area contributed by atoms with E-state index in [9.17, 15) is 14.0 Å². The molecule has 2 fully saturated rings. The van der Waals surface area contributed by atoms with E-state index in [4.69, 9.17) is 5.11 Å². The number of halogens is 1. The second-order valence-electron chi connectivity index (χ2n) is 5.00. The number of Topliss-reactive ketones (excluding diaryl/α,β-unsaturated/α-hetero) is 1. The molecule has 0 aromatic carbocycles. The SMILES string of the molecule is CC1CC2(CCN(C(=O)O)CC2)C(=O)C1F. The van der Waals surface area contributed by atoms with Crippen LogP contribution in [0.2, 0.25) is 0 Å². The van der Waals surface area contributed by atoms with Crippen molar-refractivity contribution in [1.82, 2.24) is 4.90 Å². The highest BCUT2D eigenvalue weighted by molar-refractivity contribution is 5.91. The van der Waals surface area contributed by atoms with Crippen LogP contribution in [0.25, 0.3) is 0 Å². The number of rotatable bonds is 0. The summed E-state index contributed by atoms with van der Waals surface area (Å²) in [6, 6.07) is 0. The fraction of sp³-hybridized carbons (Fsp3) is 0.818. The Morgan fingerprint density at radius 1 is 1.50 bits per heavy atom. The number of hydrogen-bond donors (Lipinski definition) is 1. The van der Waals surface area contributed by atoms with Crippen LogP contribution < -0.4 is 0 Å². The second-order valence-corrected chi connectivity index (χ2v) is 5.00. The molecule has 1 amide bonds. The van der Waals surface area contributed by atoms with Crippen LogP contribution in [-0.2, 0) is 4.79 Å². The molecular formula is C11H16FNO3. The average molecular weight is 229 g/mol. The summed E-state index contributed by atoms with van der Waals surface area (Å²) >= 11 is 0. The number of likely N-dealkylation sites (tertiary alicyclic amines) is 1. The molecule has 5 heteroatoms. The molecular weight excluding hydrogens is 213 g/mol. The van der Waals surface area contributed by atoms with Gasteiger partial charge in [-0.2, -0.15) is 0 Å². The van der Waals surface area contributed by atoms with Gasteiger partial charge in [0.05, 0.1) is 0 Å². The number of carbonyl (C=O) groups is 2. The summed E-state index contributed by atoms with van der Waals surface area (Å²) in [7, 11) is 0. The Labute approximate surface area is 93.4 Å². The van der Waals surface area contributed by atoms with Crippen molar-refractivity contribution in [3.8, 4) is 0 Å². The van der Waals surface area contributed by atoms with Crippen LogP contribution in [-0.4, -0.2) is 41.1 Å². The molecule has 1 saturated heterocycles. The molecule has 1 spiro atoms. The lowest BCUT2D eigenvalue weighted by Gasteiger charge is -2.36. The molecule has 2 unspecified atom stereocenters. The van der Waals surface area contributed by atoms with Crippen LogP contribution in [0.3, 0.4) is 0 Å². The lowest BCUT2D eigenvalue weighted by Crippen LogP contribution is -2.45. The van der Waals surface area contributed by atoms with Gasteiger partial charge in [-0.3, -0.25) is 4.79 Å². The summed E-state index contributed by atoms with van der Waals surface area (Å²) in [6.45, 7) is 2.45. The summed E-state index contributed by atoms with van der Waals surface area (Å²) < 4.78 is 13.5. The Kier molecular flexibility index (Phi) is 2.64. The maximum Gasteiger partial charge on any atom is 0.407 e. The lowest BCUT2D eigenvalue weighted by molar-refractivity contribution is -0.132. The largest absolute Gasteiger partial charge is 0.465 e. The van der Waals surface area contributed by atoms with Gasteiger partial charge < -0.3 is 10.0 Å². The van der Waals surface area contributed by atoms with Gasteiger partial charge >= 0.3 is 6.09 Å². The first-order chi connectivity index (χ1) is 7.46. The number of nitrogens with zero attached hydrogens (tertiary/aromatic N) is 1. The van der Waals surface area contributed by atoms with Crippen molar-refractivity contribution in [2.24, 2.45) is 11.3 Å². The van der Waals surface area contributed by atoms with E-state index in [0.29, 0.717) is 32.4 Å². The average Bonchev–Trinajstić information content (AvgIpc) is 2.45.